The number of hydrogen-bond donors (Lipinski definition) is 1. The maximum atomic E-state index is 13.1. The van der Waals surface area contributed by atoms with Gasteiger partial charge in [-0.25, -0.2) is 4.39 Å². The van der Waals surface area contributed by atoms with Crippen LogP contribution in [0.2, 0.25) is 5.02 Å². The summed E-state index contributed by atoms with van der Waals surface area (Å²) in [6, 6.07) is 4.51. The molecule has 0 spiro atoms. The summed E-state index contributed by atoms with van der Waals surface area (Å²) in [5.41, 5.74) is 6.73. The number of benzene rings is 1. The molecule has 3 nitrogen and oxygen atoms in total. The molecule has 1 aromatic rings. The molecule has 0 bridgehead atoms. The van der Waals surface area contributed by atoms with Gasteiger partial charge in [-0.1, -0.05) is 17.7 Å². The molecule has 0 saturated heterocycles. The van der Waals surface area contributed by atoms with Crippen molar-refractivity contribution in [3.8, 4) is 0 Å². The van der Waals surface area contributed by atoms with Crippen LogP contribution < -0.4 is 5.73 Å². The number of nitrogens with two attached hydrogens (primary N) is 1. The zero-order valence-corrected chi connectivity index (χ0v) is 12.6. The lowest BCUT2D eigenvalue weighted by Crippen LogP contribution is -2.32. The van der Waals surface area contributed by atoms with E-state index in [0.29, 0.717) is 11.6 Å². The van der Waals surface area contributed by atoms with Crippen molar-refractivity contribution in [2.45, 2.75) is 12.5 Å². The maximum absolute atomic E-state index is 13.1. The van der Waals surface area contributed by atoms with Gasteiger partial charge in [0.25, 0.3) is 0 Å². The Morgan fingerprint density at radius 3 is 2.47 bits per heavy atom. The maximum Gasteiger partial charge on any atom is 0.124 e. The summed E-state index contributed by atoms with van der Waals surface area (Å²) >= 11 is 6.10. The fourth-order valence-corrected chi connectivity index (χ4v) is 2.40. The minimum atomic E-state index is -0.320. The van der Waals surface area contributed by atoms with Crippen molar-refractivity contribution in [2.75, 3.05) is 40.8 Å². The lowest BCUT2D eigenvalue weighted by molar-refractivity contribution is 0.235. The van der Waals surface area contributed by atoms with Crippen molar-refractivity contribution in [3.05, 3.63) is 34.6 Å². The summed E-state index contributed by atoms with van der Waals surface area (Å²) in [4.78, 5) is 4.32. The van der Waals surface area contributed by atoms with Gasteiger partial charge in [0, 0.05) is 17.6 Å². The van der Waals surface area contributed by atoms with E-state index >= 15 is 0 Å². The minimum Gasteiger partial charge on any atom is -0.329 e. The van der Waals surface area contributed by atoms with Crippen LogP contribution >= 0.6 is 11.6 Å². The standard InChI is InChI=1S/C14H23ClFN3/c1-18(2)7-4-8-19(3)14(10-17)12-6-5-11(16)9-13(12)15/h5-6,9,14H,4,7-8,10,17H2,1-3H3. The highest BCUT2D eigenvalue weighted by atomic mass is 35.5. The third-order valence-electron chi connectivity index (χ3n) is 3.19. The van der Waals surface area contributed by atoms with Crippen molar-refractivity contribution < 1.29 is 4.39 Å². The fourth-order valence-electron chi connectivity index (χ4n) is 2.11. The molecule has 0 aliphatic heterocycles. The Morgan fingerprint density at radius 1 is 1.26 bits per heavy atom. The first-order valence-electron chi connectivity index (χ1n) is 6.45. The second kappa shape index (κ2) is 7.80. The number of nitrogens with zero attached hydrogens (tertiary/aromatic N) is 2. The smallest absolute Gasteiger partial charge is 0.124 e. The Labute approximate surface area is 120 Å². The number of halogens is 2. The van der Waals surface area contributed by atoms with Gasteiger partial charge in [-0.15, -0.1) is 0 Å². The zero-order valence-electron chi connectivity index (χ0n) is 11.9. The second-order valence-corrected chi connectivity index (χ2v) is 5.46. The Balaban J connectivity index is 2.70. The molecule has 0 aromatic heterocycles. The van der Waals surface area contributed by atoms with E-state index in [4.69, 9.17) is 17.3 Å². The Bertz CT molecular complexity index is 398. The Hall–Kier alpha value is -0.680. The summed E-state index contributed by atoms with van der Waals surface area (Å²) in [6.07, 6.45) is 1.05. The summed E-state index contributed by atoms with van der Waals surface area (Å²) in [5.74, 6) is -0.320. The molecule has 19 heavy (non-hydrogen) atoms. The molecule has 0 aliphatic rings. The Morgan fingerprint density at radius 2 is 1.95 bits per heavy atom. The van der Waals surface area contributed by atoms with Gasteiger partial charge in [0.1, 0.15) is 5.82 Å². The van der Waals surface area contributed by atoms with Gasteiger partial charge >= 0.3 is 0 Å². The highest BCUT2D eigenvalue weighted by Crippen LogP contribution is 2.27. The summed E-state index contributed by atoms with van der Waals surface area (Å²) in [6.45, 7) is 2.41. The molecular formula is C14H23ClFN3. The largest absolute Gasteiger partial charge is 0.329 e. The van der Waals surface area contributed by atoms with Crippen LogP contribution in [0.15, 0.2) is 18.2 Å². The van der Waals surface area contributed by atoms with E-state index in [0.717, 1.165) is 25.1 Å². The Kier molecular flexibility index (Phi) is 6.72. The van der Waals surface area contributed by atoms with Crippen LogP contribution in [-0.4, -0.2) is 50.6 Å². The van der Waals surface area contributed by atoms with Crippen molar-refractivity contribution in [2.24, 2.45) is 5.73 Å². The van der Waals surface area contributed by atoms with Gasteiger partial charge in [0.05, 0.1) is 0 Å². The third kappa shape index (κ3) is 5.07. The first kappa shape index (κ1) is 16.4. The van der Waals surface area contributed by atoms with Crippen molar-refractivity contribution in [1.82, 2.24) is 9.80 Å². The van der Waals surface area contributed by atoms with E-state index in [-0.39, 0.29) is 11.9 Å². The number of hydrogen-bond acceptors (Lipinski definition) is 3. The molecule has 0 heterocycles. The first-order chi connectivity index (χ1) is 8.95. The first-order valence-corrected chi connectivity index (χ1v) is 6.83. The highest BCUT2D eigenvalue weighted by molar-refractivity contribution is 6.31. The summed E-state index contributed by atoms with van der Waals surface area (Å²) in [5, 5.41) is 0.440. The lowest BCUT2D eigenvalue weighted by Gasteiger charge is -2.28. The fraction of sp³-hybridized carbons (Fsp3) is 0.571. The topological polar surface area (TPSA) is 32.5 Å². The minimum absolute atomic E-state index is 0.0234. The predicted molar refractivity (Wildman–Crippen MR) is 79.0 cm³/mol. The third-order valence-corrected chi connectivity index (χ3v) is 3.52. The molecule has 2 N–H and O–H groups in total. The van der Waals surface area contributed by atoms with Crippen molar-refractivity contribution in [3.63, 3.8) is 0 Å². The molecule has 0 radical (unpaired) electrons. The van der Waals surface area contributed by atoms with Crippen molar-refractivity contribution >= 4 is 11.6 Å². The van der Waals surface area contributed by atoms with Crippen LogP contribution in [0.5, 0.6) is 0 Å². The van der Waals surface area contributed by atoms with E-state index in [9.17, 15) is 4.39 Å². The summed E-state index contributed by atoms with van der Waals surface area (Å²) < 4.78 is 13.1. The number of likely N-dealkylation sites (N-methyl/N-ethyl adjacent to an activating group) is 1. The zero-order chi connectivity index (χ0) is 14.4. The van der Waals surface area contributed by atoms with Crippen LogP contribution in [0.4, 0.5) is 4.39 Å². The highest BCUT2D eigenvalue weighted by Gasteiger charge is 2.18. The van der Waals surface area contributed by atoms with Crippen LogP contribution in [0.25, 0.3) is 0 Å². The van der Waals surface area contributed by atoms with Gasteiger partial charge in [-0.3, -0.25) is 4.90 Å². The summed E-state index contributed by atoms with van der Waals surface area (Å²) in [7, 11) is 6.13. The molecule has 5 heteroatoms. The molecule has 1 unspecified atom stereocenters. The van der Waals surface area contributed by atoms with Crippen LogP contribution in [-0.2, 0) is 0 Å². The van der Waals surface area contributed by atoms with Crippen molar-refractivity contribution in [1.29, 1.82) is 0 Å². The average molecular weight is 288 g/mol. The van der Waals surface area contributed by atoms with Gasteiger partial charge in [0.15, 0.2) is 0 Å². The van der Waals surface area contributed by atoms with Crippen LogP contribution in [0.3, 0.4) is 0 Å². The monoisotopic (exact) mass is 287 g/mol. The second-order valence-electron chi connectivity index (χ2n) is 5.05. The molecule has 0 fully saturated rings. The molecule has 0 amide bonds. The molecule has 0 saturated carbocycles. The van der Waals surface area contributed by atoms with Gasteiger partial charge < -0.3 is 10.6 Å². The molecule has 1 rings (SSSR count). The quantitative estimate of drug-likeness (QED) is 0.836. The normalized spacial score (nSPS) is 13.3. The van der Waals surface area contributed by atoms with E-state index < -0.39 is 0 Å². The van der Waals surface area contributed by atoms with Gasteiger partial charge in [-0.2, -0.15) is 0 Å². The van der Waals surface area contributed by atoms with Crippen LogP contribution in [0, 0.1) is 5.82 Å². The van der Waals surface area contributed by atoms with E-state index in [2.05, 4.69) is 23.9 Å². The van der Waals surface area contributed by atoms with E-state index in [1.165, 1.54) is 12.1 Å². The van der Waals surface area contributed by atoms with E-state index in [1.54, 1.807) is 6.07 Å². The van der Waals surface area contributed by atoms with E-state index in [1.807, 2.05) is 7.05 Å². The molecule has 1 atom stereocenters. The molecule has 1 aromatic carbocycles. The van der Waals surface area contributed by atoms with Gasteiger partial charge in [-0.05, 0) is 58.3 Å². The molecular weight excluding hydrogens is 265 g/mol. The molecule has 0 aliphatic carbocycles. The average Bonchev–Trinajstić information content (AvgIpc) is 2.32. The molecule has 108 valence electrons. The SMILES string of the molecule is CN(C)CCCN(C)C(CN)c1ccc(F)cc1Cl. The van der Waals surface area contributed by atoms with Gasteiger partial charge in [0.2, 0.25) is 0 Å². The number of rotatable bonds is 7. The lowest BCUT2D eigenvalue weighted by atomic mass is 10.1. The predicted octanol–water partition coefficient (Wildman–Crippen LogP) is 2.36. The van der Waals surface area contributed by atoms with Crippen LogP contribution in [0.1, 0.15) is 18.0 Å².